The van der Waals surface area contributed by atoms with Crippen LogP contribution in [0.5, 0.6) is 0 Å². The van der Waals surface area contributed by atoms with Crippen LogP contribution in [0.4, 0.5) is 5.69 Å². The van der Waals surface area contributed by atoms with E-state index in [-0.39, 0.29) is 6.17 Å². The first-order valence-electron chi connectivity index (χ1n) is 9.02. The van der Waals surface area contributed by atoms with Crippen LogP contribution in [0.15, 0.2) is 78.9 Å². The van der Waals surface area contributed by atoms with Crippen LogP contribution >= 0.6 is 11.6 Å². The lowest BCUT2D eigenvalue weighted by Crippen LogP contribution is -2.36. The van der Waals surface area contributed by atoms with Gasteiger partial charge in [0.2, 0.25) is 0 Å². The van der Waals surface area contributed by atoms with Gasteiger partial charge in [0.15, 0.2) is 0 Å². The molecule has 2 aliphatic heterocycles. The molecule has 3 aliphatic rings. The van der Waals surface area contributed by atoms with Gasteiger partial charge in [0.1, 0.15) is 6.17 Å². The summed E-state index contributed by atoms with van der Waals surface area (Å²) in [4.78, 5) is 2.53. The summed E-state index contributed by atoms with van der Waals surface area (Å²) in [6.45, 7) is 0. The van der Waals surface area contributed by atoms with Crippen molar-refractivity contribution < 1.29 is 0 Å². The molecule has 0 radical (unpaired) electrons. The lowest BCUT2D eigenvalue weighted by atomic mass is 9.87. The number of allylic oxidation sites excluding steroid dienone is 2. The second-order valence-electron chi connectivity index (χ2n) is 7.17. The first-order valence-corrected chi connectivity index (χ1v) is 9.40. The molecule has 0 spiro atoms. The summed E-state index contributed by atoms with van der Waals surface area (Å²) in [5, 5.41) is 7.10. The molecule has 1 saturated heterocycles. The number of para-hydroxylation sites is 1. The number of anilines is 1. The Morgan fingerprint density at radius 3 is 2.69 bits per heavy atom. The van der Waals surface area contributed by atoms with Crippen LogP contribution in [0.2, 0.25) is 5.02 Å². The minimum atomic E-state index is 0.143. The van der Waals surface area contributed by atoms with Gasteiger partial charge in [0, 0.05) is 21.8 Å². The van der Waals surface area contributed by atoms with Gasteiger partial charge in [-0.3, -0.25) is 5.32 Å². The van der Waals surface area contributed by atoms with Crippen molar-refractivity contribution in [2.75, 3.05) is 4.90 Å². The summed E-state index contributed by atoms with van der Waals surface area (Å²) in [5.74, 6) is 0. The fourth-order valence-electron chi connectivity index (χ4n) is 4.74. The molecule has 3 aromatic rings. The number of nitrogens with zero attached hydrogens (tertiary/aromatic N) is 1. The van der Waals surface area contributed by atoms with Gasteiger partial charge < -0.3 is 4.90 Å². The van der Waals surface area contributed by atoms with E-state index in [9.17, 15) is 0 Å². The molecular weight excluding hydrogens is 340 g/mol. The number of hydrogen-bond acceptors (Lipinski definition) is 2. The largest absolute Gasteiger partial charge is 0.343 e. The summed E-state index contributed by atoms with van der Waals surface area (Å²) >= 11 is 6.37. The van der Waals surface area contributed by atoms with Crippen molar-refractivity contribution >= 4 is 28.1 Å². The zero-order chi connectivity index (χ0) is 17.3. The topological polar surface area (TPSA) is 15.3 Å². The predicted octanol–water partition coefficient (Wildman–Crippen LogP) is 5.45. The third-order valence-electron chi connectivity index (χ3n) is 5.83. The molecule has 6 rings (SSSR count). The van der Waals surface area contributed by atoms with Gasteiger partial charge in [0.25, 0.3) is 0 Å². The molecule has 26 heavy (non-hydrogen) atoms. The number of rotatable bonds is 0. The standard InChI is InChI=1S/C23H17ClN2/c24-15-11-9-14-10-12-17-16-5-1-3-7-20(16)26-21-8-4-2-6-19(21)25-23(26)22(17)18(14)13-15/h1-13,19,21,23,25H. The highest BCUT2D eigenvalue weighted by atomic mass is 35.5. The first kappa shape index (κ1) is 14.6. The molecule has 0 saturated carbocycles. The Labute approximate surface area is 157 Å². The Kier molecular flexibility index (Phi) is 2.94. The maximum atomic E-state index is 6.37. The van der Waals surface area contributed by atoms with Gasteiger partial charge in [-0.25, -0.2) is 0 Å². The second kappa shape index (κ2) is 5.23. The average molecular weight is 357 g/mol. The van der Waals surface area contributed by atoms with Crippen LogP contribution in [-0.4, -0.2) is 12.1 Å². The highest BCUT2D eigenvalue weighted by Gasteiger charge is 2.44. The van der Waals surface area contributed by atoms with Crippen molar-refractivity contribution in [1.29, 1.82) is 0 Å². The average Bonchev–Trinajstić information content (AvgIpc) is 3.07. The maximum absolute atomic E-state index is 6.37. The summed E-state index contributed by atoms with van der Waals surface area (Å²) in [6, 6.07) is 20.0. The molecule has 0 amide bonds. The van der Waals surface area contributed by atoms with Gasteiger partial charge in [-0.15, -0.1) is 0 Å². The Balaban J connectivity index is 1.70. The number of hydrogen-bond donors (Lipinski definition) is 1. The molecule has 1 aliphatic carbocycles. The van der Waals surface area contributed by atoms with Crippen molar-refractivity contribution in [2.45, 2.75) is 18.2 Å². The molecule has 1 fully saturated rings. The molecule has 3 aromatic carbocycles. The smallest absolute Gasteiger partial charge is 0.108 e. The van der Waals surface area contributed by atoms with Crippen molar-refractivity contribution in [3.63, 3.8) is 0 Å². The van der Waals surface area contributed by atoms with Gasteiger partial charge in [-0.1, -0.05) is 72.3 Å². The third-order valence-corrected chi connectivity index (χ3v) is 6.06. The van der Waals surface area contributed by atoms with Crippen LogP contribution in [0.3, 0.4) is 0 Å². The molecule has 3 unspecified atom stereocenters. The summed E-state index contributed by atoms with van der Waals surface area (Å²) in [6.07, 6.45) is 9.01. The predicted molar refractivity (Wildman–Crippen MR) is 109 cm³/mol. The van der Waals surface area contributed by atoms with Crippen molar-refractivity contribution in [3.05, 3.63) is 89.5 Å². The van der Waals surface area contributed by atoms with E-state index in [2.05, 4.69) is 83.1 Å². The van der Waals surface area contributed by atoms with E-state index in [0.717, 1.165) is 5.02 Å². The van der Waals surface area contributed by atoms with Gasteiger partial charge >= 0.3 is 0 Å². The summed E-state index contributed by atoms with van der Waals surface area (Å²) in [7, 11) is 0. The van der Waals surface area contributed by atoms with E-state index >= 15 is 0 Å². The minimum absolute atomic E-state index is 0.143. The molecule has 1 N–H and O–H groups in total. The minimum Gasteiger partial charge on any atom is -0.343 e. The zero-order valence-corrected chi connectivity index (χ0v) is 14.8. The Morgan fingerprint density at radius 2 is 1.73 bits per heavy atom. The summed E-state index contributed by atoms with van der Waals surface area (Å²) in [5.41, 5.74) is 5.23. The molecule has 3 atom stereocenters. The van der Waals surface area contributed by atoms with E-state index in [0.29, 0.717) is 12.1 Å². The second-order valence-corrected chi connectivity index (χ2v) is 7.61. The molecule has 2 nitrogen and oxygen atoms in total. The molecule has 2 heterocycles. The third kappa shape index (κ3) is 1.86. The van der Waals surface area contributed by atoms with E-state index in [4.69, 9.17) is 11.6 Å². The van der Waals surface area contributed by atoms with Crippen LogP contribution < -0.4 is 10.2 Å². The molecule has 0 aromatic heterocycles. The molecular formula is C23H17ClN2. The molecule has 126 valence electrons. The quantitative estimate of drug-likeness (QED) is 0.576. The van der Waals surface area contributed by atoms with Crippen LogP contribution in [0.1, 0.15) is 11.7 Å². The number of benzene rings is 3. The van der Waals surface area contributed by atoms with Crippen LogP contribution in [-0.2, 0) is 0 Å². The van der Waals surface area contributed by atoms with Crippen molar-refractivity contribution in [3.8, 4) is 11.1 Å². The van der Waals surface area contributed by atoms with E-state index < -0.39 is 0 Å². The number of fused-ring (bicyclic) bond motifs is 10. The fourth-order valence-corrected chi connectivity index (χ4v) is 4.92. The van der Waals surface area contributed by atoms with Crippen molar-refractivity contribution in [1.82, 2.24) is 5.32 Å². The zero-order valence-electron chi connectivity index (χ0n) is 14.1. The van der Waals surface area contributed by atoms with E-state index in [1.807, 2.05) is 6.07 Å². The van der Waals surface area contributed by atoms with Gasteiger partial charge in [-0.2, -0.15) is 0 Å². The van der Waals surface area contributed by atoms with Crippen molar-refractivity contribution in [2.24, 2.45) is 0 Å². The molecule has 0 bridgehead atoms. The lowest BCUT2D eigenvalue weighted by Gasteiger charge is -2.38. The normalized spacial score (nSPS) is 25.0. The number of halogens is 1. The lowest BCUT2D eigenvalue weighted by molar-refractivity contribution is 0.611. The maximum Gasteiger partial charge on any atom is 0.108 e. The van der Waals surface area contributed by atoms with Gasteiger partial charge in [0.05, 0.1) is 12.1 Å². The fraction of sp³-hybridized carbons (Fsp3) is 0.130. The van der Waals surface area contributed by atoms with Gasteiger partial charge in [-0.05, 0) is 34.5 Å². The van der Waals surface area contributed by atoms with E-state index in [1.165, 1.54) is 33.2 Å². The highest BCUT2D eigenvalue weighted by molar-refractivity contribution is 6.31. The summed E-state index contributed by atoms with van der Waals surface area (Å²) < 4.78 is 0. The Morgan fingerprint density at radius 1 is 0.885 bits per heavy atom. The van der Waals surface area contributed by atoms with Crippen LogP contribution in [0, 0.1) is 0 Å². The van der Waals surface area contributed by atoms with E-state index in [1.54, 1.807) is 0 Å². The number of nitrogens with one attached hydrogen (secondary N) is 1. The first-order chi connectivity index (χ1) is 12.8. The highest BCUT2D eigenvalue weighted by Crippen LogP contribution is 2.50. The van der Waals surface area contributed by atoms with Crippen LogP contribution in [0.25, 0.3) is 21.9 Å². The monoisotopic (exact) mass is 356 g/mol. The molecule has 3 heteroatoms. The SMILES string of the molecule is Clc1ccc2ccc3c(c2c1)C1NC2C=CC=CC2N1c1ccccc1-3. The Bertz CT molecular complexity index is 1110. The Hall–Kier alpha value is -2.55.